The number of ether oxygens (including phenoxy) is 1. The zero-order valence-corrected chi connectivity index (χ0v) is 22.5. The summed E-state index contributed by atoms with van der Waals surface area (Å²) in [5.41, 5.74) is 6.73. The Morgan fingerprint density at radius 3 is 1.61 bits per heavy atom. The molecule has 5 nitrogen and oxygen atoms in total. The number of benzene rings is 3. The zero-order valence-electron chi connectivity index (χ0n) is 22.5. The van der Waals surface area contributed by atoms with E-state index in [2.05, 4.69) is 0 Å². The van der Waals surface area contributed by atoms with E-state index in [4.69, 9.17) is 4.74 Å². The van der Waals surface area contributed by atoms with E-state index in [1.165, 1.54) is 0 Å². The van der Waals surface area contributed by atoms with E-state index in [0.29, 0.717) is 11.3 Å². The summed E-state index contributed by atoms with van der Waals surface area (Å²) in [4.78, 5) is 24.8. The third-order valence-electron chi connectivity index (χ3n) is 6.29. The van der Waals surface area contributed by atoms with E-state index in [1.807, 2.05) is 103 Å². The van der Waals surface area contributed by atoms with E-state index < -0.39 is 24.0 Å². The average Bonchev–Trinajstić information content (AvgIpc) is 2.80. The number of esters is 1. The van der Waals surface area contributed by atoms with Crippen LogP contribution in [0.2, 0.25) is 0 Å². The minimum atomic E-state index is -0.838. The molecule has 3 rings (SSSR count). The second-order valence-corrected chi connectivity index (χ2v) is 9.68. The maximum atomic E-state index is 12.5. The minimum Gasteiger partial charge on any atom is -0.420 e. The number of hydrogen-bond donors (Lipinski definition) is 2. The summed E-state index contributed by atoms with van der Waals surface area (Å²) < 4.78 is 5.40. The second-order valence-electron chi connectivity index (χ2n) is 9.68. The molecule has 2 N–H and O–H groups in total. The number of aryl methyl sites for hydroxylation is 6. The van der Waals surface area contributed by atoms with Gasteiger partial charge in [0.25, 0.3) is 5.78 Å². The number of rotatable bonds is 6. The molecule has 36 heavy (non-hydrogen) atoms. The molecule has 0 aliphatic carbocycles. The number of aliphatic hydroxyl groups excluding tert-OH is 2. The lowest BCUT2D eigenvalue weighted by Crippen LogP contribution is -2.23. The third-order valence-corrected chi connectivity index (χ3v) is 6.29. The van der Waals surface area contributed by atoms with Crippen LogP contribution in [0.4, 0.5) is 0 Å². The molecule has 0 aromatic heterocycles. The summed E-state index contributed by atoms with van der Waals surface area (Å²) in [7, 11) is 0. The van der Waals surface area contributed by atoms with Gasteiger partial charge in [0.2, 0.25) is 0 Å². The highest BCUT2D eigenvalue weighted by Crippen LogP contribution is 2.26. The second kappa shape index (κ2) is 12.6. The molecule has 3 unspecified atom stereocenters. The first-order chi connectivity index (χ1) is 16.8. The van der Waals surface area contributed by atoms with Crippen molar-refractivity contribution in [3.63, 3.8) is 0 Å². The van der Waals surface area contributed by atoms with E-state index >= 15 is 0 Å². The molecule has 0 radical (unpaired) electrons. The lowest BCUT2D eigenvalue weighted by atomic mass is 9.93. The molecule has 3 aromatic rings. The fraction of sp³-hybridized carbons (Fsp3) is 0.355. The van der Waals surface area contributed by atoms with Gasteiger partial charge in [0.15, 0.2) is 0 Å². The van der Waals surface area contributed by atoms with Gasteiger partial charge in [-0.15, -0.1) is 0 Å². The standard InChI is InChI=1S/C20H22O3.C11H16O2/c1-11-7-13(3)17(14(4)8-11)18(21)20(22)23-19-15(5)9-12(2)10-16(19)6;1-8(9(2)12)11(13)10-6-4-3-5-7-10/h7-10H,1-6H3;3-9,11-13H,1-2H3. The SMILES string of the molecule is CC(O)C(C)C(O)c1ccccc1.Cc1cc(C)c(OC(=O)C(=O)c2c(C)cc(C)cc2C)c(C)c1. The van der Waals surface area contributed by atoms with Crippen molar-refractivity contribution < 1.29 is 24.5 Å². The molecule has 192 valence electrons. The summed E-state index contributed by atoms with van der Waals surface area (Å²) >= 11 is 0. The van der Waals surface area contributed by atoms with Gasteiger partial charge in [-0.05, 0) is 76.3 Å². The summed E-state index contributed by atoms with van der Waals surface area (Å²) in [6.07, 6.45) is -1.07. The van der Waals surface area contributed by atoms with Gasteiger partial charge < -0.3 is 14.9 Å². The predicted molar refractivity (Wildman–Crippen MR) is 144 cm³/mol. The van der Waals surface area contributed by atoms with Crippen LogP contribution < -0.4 is 4.74 Å². The molecule has 0 fully saturated rings. The molecule has 0 saturated carbocycles. The molecule has 0 heterocycles. The van der Waals surface area contributed by atoms with Gasteiger partial charge in [-0.1, -0.05) is 72.6 Å². The first kappa shape index (κ1) is 29.0. The van der Waals surface area contributed by atoms with Crippen molar-refractivity contribution in [1.29, 1.82) is 0 Å². The van der Waals surface area contributed by atoms with E-state index in [-0.39, 0.29) is 5.92 Å². The third kappa shape index (κ3) is 7.36. The average molecular weight is 491 g/mol. The van der Waals surface area contributed by atoms with Crippen molar-refractivity contribution in [2.75, 3.05) is 0 Å². The maximum absolute atomic E-state index is 12.5. The quantitative estimate of drug-likeness (QED) is 0.190. The molecule has 0 bridgehead atoms. The molecule has 0 amide bonds. The molecular formula is C31H38O5. The van der Waals surface area contributed by atoms with Gasteiger partial charge in [0.1, 0.15) is 5.75 Å². The maximum Gasteiger partial charge on any atom is 0.385 e. The zero-order chi connectivity index (χ0) is 27.2. The Hall–Kier alpha value is -3.28. The Bertz CT molecular complexity index is 1160. The summed E-state index contributed by atoms with van der Waals surface area (Å²) in [5, 5.41) is 19.1. The molecule has 3 aromatic carbocycles. The lowest BCUT2D eigenvalue weighted by Gasteiger charge is -2.21. The van der Waals surface area contributed by atoms with Gasteiger partial charge in [-0.3, -0.25) is 4.79 Å². The van der Waals surface area contributed by atoms with Crippen molar-refractivity contribution in [3.8, 4) is 5.75 Å². The van der Waals surface area contributed by atoms with Crippen molar-refractivity contribution in [2.24, 2.45) is 5.92 Å². The van der Waals surface area contributed by atoms with Crippen LogP contribution in [0.15, 0.2) is 54.6 Å². The highest BCUT2D eigenvalue weighted by Gasteiger charge is 2.24. The van der Waals surface area contributed by atoms with Gasteiger partial charge in [-0.2, -0.15) is 0 Å². The number of carbonyl (C=O) groups is 2. The lowest BCUT2D eigenvalue weighted by molar-refractivity contribution is -0.129. The summed E-state index contributed by atoms with van der Waals surface area (Å²) in [6.45, 7) is 14.9. The number of hydrogen-bond acceptors (Lipinski definition) is 5. The molecule has 5 heteroatoms. The van der Waals surface area contributed by atoms with Crippen LogP contribution in [0.5, 0.6) is 5.75 Å². The van der Waals surface area contributed by atoms with Crippen LogP contribution in [-0.2, 0) is 4.79 Å². The molecule has 0 aliphatic rings. The van der Waals surface area contributed by atoms with Crippen molar-refractivity contribution in [3.05, 3.63) is 99.1 Å². The highest BCUT2D eigenvalue weighted by molar-refractivity contribution is 6.41. The topological polar surface area (TPSA) is 83.8 Å². The smallest absolute Gasteiger partial charge is 0.385 e. The number of ketones is 1. The fourth-order valence-electron chi connectivity index (χ4n) is 4.32. The Labute approximate surface area is 214 Å². The van der Waals surface area contributed by atoms with E-state index in [0.717, 1.165) is 38.9 Å². The molecule has 0 aliphatic heterocycles. The molecular weight excluding hydrogens is 452 g/mol. The normalized spacial score (nSPS) is 13.2. The van der Waals surface area contributed by atoms with E-state index in [1.54, 1.807) is 6.92 Å². The van der Waals surface area contributed by atoms with E-state index in [9.17, 15) is 19.8 Å². The van der Waals surface area contributed by atoms with Gasteiger partial charge in [0.05, 0.1) is 12.2 Å². The Morgan fingerprint density at radius 1 is 0.722 bits per heavy atom. The Balaban J connectivity index is 0.000000297. The van der Waals surface area contributed by atoms with Crippen LogP contribution >= 0.6 is 0 Å². The van der Waals surface area contributed by atoms with Crippen LogP contribution in [-0.4, -0.2) is 28.1 Å². The van der Waals surface area contributed by atoms with Crippen LogP contribution in [0.3, 0.4) is 0 Å². The Kier molecular flexibility index (Phi) is 10.1. The van der Waals surface area contributed by atoms with Gasteiger partial charge >= 0.3 is 5.97 Å². The van der Waals surface area contributed by atoms with Crippen molar-refractivity contribution in [1.82, 2.24) is 0 Å². The molecule has 0 saturated heterocycles. The van der Waals surface area contributed by atoms with Crippen LogP contribution in [0.1, 0.15) is 69.3 Å². The largest absolute Gasteiger partial charge is 0.420 e. The van der Waals surface area contributed by atoms with Gasteiger partial charge in [0, 0.05) is 11.5 Å². The number of aliphatic hydroxyl groups is 2. The molecule has 3 atom stereocenters. The number of Topliss-reactive ketones (excluding diaryl/α,β-unsaturated/α-hetero) is 1. The predicted octanol–water partition coefficient (Wildman–Crippen LogP) is 6.06. The van der Waals surface area contributed by atoms with Gasteiger partial charge in [-0.25, -0.2) is 4.79 Å². The monoisotopic (exact) mass is 490 g/mol. The fourth-order valence-corrected chi connectivity index (χ4v) is 4.32. The summed E-state index contributed by atoms with van der Waals surface area (Å²) in [5.74, 6) is -1.10. The minimum absolute atomic E-state index is 0.137. The van der Waals surface area contributed by atoms with Crippen LogP contribution in [0, 0.1) is 47.5 Å². The van der Waals surface area contributed by atoms with Crippen molar-refractivity contribution in [2.45, 2.75) is 67.6 Å². The molecule has 0 spiro atoms. The number of carbonyl (C=O) groups excluding carboxylic acids is 2. The first-order valence-electron chi connectivity index (χ1n) is 12.2. The highest BCUT2D eigenvalue weighted by atomic mass is 16.5. The first-order valence-corrected chi connectivity index (χ1v) is 12.2. The van der Waals surface area contributed by atoms with Crippen molar-refractivity contribution >= 4 is 11.8 Å². The van der Waals surface area contributed by atoms with Crippen LogP contribution in [0.25, 0.3) is 0 Å². The summed E-state index contributed by atoms with van der Waals surface area (Å²) in [6, 6.07) is 17.1. The Morgan fingerprint density at radius 2 is 1.17 bits per heavy atom.